The molecule has 5 heteroatoms. The first-order valence-electron chi connectivity index (χ1n) is 8.50. The molecule has 0 radical (unpaired) electrons. The highest BCUT2D eigenvalue weighted by Crippen LogP contribution is 2.35. The maximum absolute atomic E-state index is 12.6. The highest BCUT2D eigenvalue weighted by Gasteiger charge is 2.17. The number of hydrogen-bond acceptors (Lipinski definition) is 3. The van der Waals surface area contributed by atoms with E-state index < -0.39 is 0 Å². The minimum atomic E-state index is -0.154. The molecular weight excluding hydrogens is 352 g/mol. The Labute approximate surface area is 156 Å². The zero-order valence-corrected chi connectivity index (χ0v) is 15.4. The van der Waals surface area contributed by atoms with Gasteiger partial charge in [-0.1, -0.05) is 41.9 Å². The lowest BCUT2D eigenvalue weighted by atomic mass is 10.2. The van der Waals surface area contributed by atoms with Crippen LogP contribution < -0.4 is 5.32 Å². The largest absolute Gasteiger partial charge is 0.321 e. The van der Waals surface area contributed by atoms with E-state index in [1.54, 1.807) is 0 Å². The maximum atomic E-state index is 12.6. The van der Waals surface area contributed by atoms with Crippen molar-refractivity contribution >= 4 is 44.6 Å². The van der Waals surface area contributed by atoms with Crippen molar-refractivity contribution < 1.29 is 4.79 Å². The summed E-state index contributed by atoms with van der Waals surface area (Å²) in [4.78, 5) is 15.6. The Balaban J connectivity index is 1.47. The van der Waals surface area contributed by atoms with Crippen LogP contribution in [0.15, 0.2) is 48.5 Å². The van der Waals surface area contributed by atoms with Gasteiger partial charge in [0.1, 0.15) is 4.88 Å². The Morgan fingerprint density at radius 3 is 2.52 bits per heavy atom. The number of nitrogens with zero attached hydrogens (tertiary/aromatic N) is 1. The van der Waals surface area contributed by atoms with Crippen LogP contribution in [-0.4, -0.2) is 23.9 Å². The van der Waals surface area contributed by atoms with Crippen molar-refractivity contribution in [2.45, 2.75) is 19.4 Å². The smallest absolute Gasteiger partial charge is 0.267 e. The van der Waals surface area contributed by atoms with Gasteiger partial charge in [0.05, 0.1) is 5.02 Å². The molecule has 0 spiro atoms. The molecule has 0 atom stereocenters. The van der Waals surface area contributed by atoms with Gasteiger partial charge < -0.3 is 5.32 Å². The lowest BCUT2D eigenvalue weighted by Gasteiger charge is -2.14. The zero-order valence-electron chi connectivity index (χ0n) is 13.8. The van der Waals surface area contributed by atoms with Crippen molar-refractivity contribution in [3.8, 4) is 0 Å². The monoisotopic (exact) mass is 370 g/mol. The van der Waals surface area contributed by atoms with E-state index in [0.29, 0.717) is 9.90 Å². The number of nitrogens with one attached hydrogen (secondary N) is 1. The number of fused-ring (bicyclic) bond motifs is 1. The van der Waals surface area contributed by atoms with Gasteiger partial charge in [-0.3, -0.25) is 9.69 Å². The number of likely N-dealkylation sites (tertiary alicyclic amines) is 1. The number of amides is 1. The number of halogens is 1. The van der Waals surface area contributed by atoms with E-state index in [-0.39, 0.29) is 5.91 Å². The molecule has 2 heterocycles. The Morgan fingerprint density at radius 1 is 1.08 bits per heavy atom. The summed E-state index contributed by atoms with van der Waals surface area (Å²) in [6.07, 6.45) is 2.59. The first-order valence-corrected chi connectivity index (χ1v) is 9.70. The maximum Gasteiger partial charge on any atom is 0.267 e. The summed E-state index contributed by atoms with van der Waals surface area (Å²) in [6, 6.07) is 15.9. The average molecular weight is 371 g/mol. The van der Waals surface area contributed by atoms with Crippen molar-refractivity contribution in [3.05, 3.63) is 64.0 Å². The first kappa shape index (κ1) is 16.6. The molecule has 3 nitrogen and oxygen atoms in total. The van der Waals surface area contributed by atoms with Gasteiger partial charge >= 0.3 is 0 Å². The van der Waals surface area contributed by atoms with Crippen molar-refractivity contribution in [1.29, 1.82) is 0 Å². The lowest BCUT2D eigenvalue weighted by Crippen LogP contribution is -2.18. The summed E-state index contributed by atoms with van der Waals surface area (Å²) >= 11 is 7.81. The molecule has 0 bridgehead atoms. The van der Waals surface area contributed by atoms with E-state index in [1.807, 2.05) is 36.4 Å². The fourth-order valence-electron chi connectivity index (χ4n) is 3.24. The molecule has 1 N–H and O–H groups in total. The average Bonchev–Trinajstić information content (AvgIpc) is 3.25. The number of rotatable bonds is 4. The highest BCUT2D eigenvalue weighted by atomic mass is 35.5. The van der Waals surface area contributed by atoms with Crippen LogP contribution in [0.25, 0.3) is 10.1 Å². The molecule has 0 unspecified atom stereocenters. The van der Waals surface area contributed by atoms with Gasteiger partial charge in [-0.25, -0.2) is 0 Å². The topological polar surface area (TPSA) is 32.3 Å². The number of hydrogen-bond donors (Lipinski definition) is 1. The number of anilines is 1. The van der Waals surface area contributed by atoms with Crippen LogP contribution in [-0.2, 0) is 6.54 Å². The second kappa shape index (κ2) is 7.16. The van der Waals surface area contributed by atoms with Crippen LogP contribution in [0.2, 0.25) is 5.02 Å². The fourth-order valence-corrected chi connectivity index (χ4v) is 4.65. The quantitative estimate of drug-likeness (QED) is 0.666. The van der Waals surface area contributed by atoms with Crippen LogP contribution in [0.5, 0.6) is 0 Å². The van der Waals surface area contributed by atoms with E-state index in [4.69, 9.17) is 11.6 Å². The molecule has 1 amide bonds. The minimum absolute atomic E-state index is 0.154. The van der Waals surface area contributed by atoms with Gasteiger partial charge in [0.15, 0.2) is 0 Å². The molecule has 25 heavy (non-hydrogen) atoms. The number of carbonyl (C=O) groups excluding carboxylic acids is 1. The summed E-state index contributed by atoms with van der Waals surface area (Å²) < 4.78 is 1.03. The van der Waals surface area contributed by atoms with Gasteiger partial charge in [0.2, 0.25) is 0 Å². The van der Waals surface area contributed by atoms with Crippen LogP contribution >= 0.6 is 22.9 Å². The van der Waals surface area contributed by atoms with Gasteiger partial charge in [0, 0.05) is 22.3 Å². The third kappa shape index (κ3) is 3.56. The normalized spacial score (nSPS) is 14.9. The molecule has 1 aliphatic rings. The summed E-state index contributed by atoms with van der Waals surface area (Å²) in [7, 11) is 0. The molecule has 3 aromatic rings. The molecule has 0 saturated carbocycles. The van der Waals surface area contributed by atoms with Crippen molar-refractivity contribution in [1.82, 2.24) is 4.90 Å². The van der Waals surface area contributed by atoms with E-state index in [1.165, 1.54) is 42.8 Å². The van der Waals surface area contributed by atoms with Gasteiger partial charge in [-0.2, -0.15) is 0 Å². The van der Waals surface area contributed by atoms with E-state index >= 15 is 0 Å². The molecule has 1 aliphatic heterocycles. The van der Waals surface area contributed by atoms with Crippen LogP contribution in [0.4, 0.5) is 5.69 Å². The summed E-state index contributed by atoms with van der Waals surface area (Å²) in [6.45, 7) is 3.35. The second-order valence-corrected chi connectivity index (χ2v) is 7.81. The van der Waals surface area contributed by atoms with Gasteiger partial charge in [-0.15, -0.1) is 11.3 Å². The van der Waals surface area contributed by atoms with Crippen LogP contribution in [0.3, 0.4) is 0 Å². The van der Waals surface area contributed by atoms with E-state index in [2.05, 4.69) is 22.3 Å². The second-order valence-electron chi connectivity index (χ2n) is 6.38. The summed E-state index contributed by atoms with van der Waals surface area (Å²) in [5.74, 6) is -0.154. The molecule has 2 aromatic carbocycles. The molecule has 1 fully saturated rings. The van der Waals surface area contributed by atoms with E-state index in [0.717, 1.165) is 22.3 Å². The van der Waals surface area contributed by atoms with Crippen molar-refractivity contribution in [2.75, 3.05) is 18.4 Å². The van der Waals surface area contributed by atoms with Gasteiger partial charge in [-0.05, 0) is 49.7 Å². The molecule has 1 aromatic heterocycles. The van der Waals surface area contributed by atoms with Crippen molar-refractivity contribution in [3.63, 3.8) is 0 Å². The minimum Gasteiger partial charge on any atom is -0.321 e. The number of carbonyl (C=O) groups is 1. The lowest BCUT2D eigenvalue weighted by molar-refractivity contribution is 0.103. The Bertz CT molecular complexity index is 898. The number of thiophene rings is 1. The molecule has 0 aliphatic carbocycles. The summed E-state index contributed by atoms with van der Waals surface area (Å²) in [5.41, 5.74) is 2.07. The Kier molecular flexibility index (Phi) is 4.75. The zero-order chi connectivity index (χ0) is 17.2. The van der Waals surface area contributed by atoms with E-state index in [9.17, 15) is 4.79 Å². The molecule has 1 saturated heterocycles. The Hall–Kier alpha value is -1.88. The third-order valence-electron chi connectivity index (χ3n) is 4.56. The Morgan fingerprint density at radius 2 is 1.80 bits per heavy atom. The summed E-state index contributed by atoms with van der Waals surface area (Å²) in [5, 5.41) is 4.42. The first-order chi connectivity index (χ1) is 12.2. The predicted octanol–water partition coefficient (Wildman–Crippen LogP) is 5.40. The van der Waals surface area contributed by atoms with Gasteiger partial charge in [0.25, 0.3) is 5.91 Å². The standard InChI is InChI=1S/C20H19ClN2OS/c21-18-16-5-1-2-6-17(16)25-19(18)20(24)22-15-9-7-14(8-10-15)13-23-11-3-4-12-23/h1-2,5-10H,3-4,11-13H2,(H,22,24). The fraction of sp³-hybridized carbons (Fsp3) is 0.250. The third-order valence-corrected chi connectivity index (χ3v) is 6.23. The predicted molar refractivity (Wildman–Crippen MR) is 106 cm³/mol. The van der Waals surface area contributed by atoms with Crippen molar-refractivity contribution in [2.24, 2.45) is 0 Å². The molecular formula is C20H19ClN2OS. The molecule has 128 valence electrons. The SMILES string of the molecule is O=C(Nc1ccc(CN2CCCC2)cc1)c1sc2ccccc2c1Cl. The highest BCUT2D eigenvalue weighted by molar-refractivity contribution is 7.21. The number of benzene rings is 2. The van der Waals surface area contributed by atoms with Crippen LogP contribution in [0.1, 0.15) is 28.1 Å². The molecule has 4 rings (SSSR count). The van der Waals surface area contributed by atoms with Crippen LogP contribution in [0, 0.1) is 0 Å².